The van der Waals surface area contributed by atoms with E-state index >= 15 is 0 Å². The number of nitrogens with one attached hydrogen (secondary N) is 1. The summed E-state index contributed by atoms with van der Waals surface area (Å²) in [5.74, 6) is 0.511. The number of benzene rings is 1. The normalized spacial score (nSPS) is 10.8. The summed E-state index contributed by atoms with van der Waals surface area (Å²) in [6, 6.07) is 6.98. The van der Waals surface area contributed by atoms with E-state index < -0.39 is 0 Å². The zero-order chi connectivity index (χ0) is 11.4. The number of hydrogen-bond donors (Lipinski definition) is 2. The number of aromatic amines is 1. The summed E-state index contributed by atoms with van der Waals surface area (Å²) in [7, 11) is 0. The predicted octanol–water partition coefficient (Wildman–Crippen LogP) is 1.89. The van der Waals surface area contributed by atoms with Gasteiger partial charge in [0, 0.05) is 23.6 Å². The lowest BCUT2D eigenvalue weighted by Gasteiger charge is -1.99. The van der Waals surface area contributed by atoms with Crippen LogP contribution in [0.1, 0.15) is 16.2 Å². The summed E-state index contributed by atoms with van der Waals surface area (Å²) in [5.41, 5.74) is 6.68. The Morgan fingerprint density at radius 3 is 2.88 bits per heavy atom. The van der Waals surface area contributed by atoms with Crippen molar-refractivity contribution < 1.29 is 4.79 Å². The number of anilines is 1. The summed E-state index contributed by atoms with van der Waals surface area (Å²) in [6.07, 6.45) is 6.39. The van der Waals surface area contributed by atoms with Crippen molar-refractivity contribution in [2.45, 2.75) is 0 Å². The van der Waals surface area contributed by atoms with E-state index in [9.17, 15) is 4.79 Å². The molecule has 0 unspecified atom stereocenters. The number of nitrogen functional groups attached to an aromatic ring is 1. The van der Waals surface area contributed by atoms with Crippen LogP contribution >= 0.6 is 0 Å². The van der Waals surface area contributed by atoms with Crippen LogP contribution in [0.2, 0.25) is 0 Å². The van der Waals surface area contributed by atoms with Gasteiger partial charge in [0.25, 0.3) is 0 Å². The Kier molecular flexibility index (Phi) is 2.82. The van der Waals surface area contributed by atoms with Crippen molar-refractivity contribution >= 4 is 17.5 Å². The minimum Gasteiger partial charge on any atom is -0.398 e. The number of carbonyl (C=O) groups excluding carboxylic acids is 1. The number of rotatable bonds is 3. The molecule has 16 heavy (non-hydrogen) atoms. The maximum atomic E-state index is 11.8. The minimum atomic E-state index is -0.130. The molecule has 0 amide bonds. The van der Waals surface area contributed by atoms with Crippen LogP contribution in [0.3, 0.4) is 0 Å². The number of nitrogens with zero attached hydrogens (tertiary/aromatic N) is 1. The standard InChI is InChI=1S/C12H11N3O/c13-10-4-2-1-3-9(10)11(16)5-6-12-14-7-8-15-12/h1-8H,13H2,(H,14,15)/b6-5+. The highest BCUT2D eigenvalue weighted by Gasteiger charge is 2.04. The van der Waals surface area contributed by atoms with Crippen LogP contribution in [0.4, 0.5) is 5.69 Å². The third-order valence-corrected chi connectivity index (χ3v) is 2.14. The van der Waals surface area contributed by atoms with Crippen LogP contribution in [-0.4, -0.2) is 15.8 Å². The van der Waals surface area contributed by atoms with E-state index in [2.05, 4.69) is 9.97 Å². The van der Waals surface area contributed by atoms with E-state index in [4.69, 9.17) is 5.73 Å². The molecule has 0 aliphatic rings. The SMILES string of the molecule is Nc1ccccc1C(=O)/C=C/c1ncc[nH]1. The Bertz CT molecular complexity index is 515. The van der Waals surface area contributed by atoms with Gasteiger partial charge in [-0.1, -0.05) is 12.1 Å². The molecule has 80 valence electrons. The van der Waals surface area contributed by atoms with Crippen LogP contribution in [0.5, 0.6) is 0 Å². The molecule has 4 nitrogen and oxygen atoms in total. The first-order valence-electron chi connectivity index (χ1n) is 4.83. The van der Waals surface area contributed by atoms with Gasteiger partial charge < -0.3 is 10.7 Å². The molecule has 0 atom stereocenters. The molecular formula is C12H11N3O. The Morgan fingerprint density at radius 1 is 1.38 bits per heavy atom. The van der Waals surface area contributed by atoms with Gasteiger partial charge in [-0.05, 0) is 24.3 Å². The second kappa shape index (κ2) is 4.44. The summed E-state index contributed by atoms with van der Waals surface area (Å²) < 4.78 is 0. The van der Waals surface area contributed by atoms with Gasteiger partial charge in [-0.15, -0.1) is 0 Å². The molecule has 1 heterocycles. The molecule has 0 fully saturated rings. The van der Waals surface area contributed by atoms with Crippen molar-refractivity contribution in [2.75, 3.05) is 5.73 Å². The maximum absolute atomic E-state index is 11.8. The maximum Gasteiger partial charge on any atom is 0.188 e. The molecule has 4 heteroatoms. The van der Waals surface area contributed by atoms with Gasteiger partial charge in [-0.25, -0.2) is 4.98 Å². The summed E-state index contributed by atoms with van der Waals surface area (Å²) in [5, 5.41) is 0. The van der Waals surface area contributed by atoms with Crippen LogP contribution in [0, 0.1) is 0 Å². The fourth-order valence-electron chi connectivity index (χ4n) is 1.33. The molecule has 2 aromatic rings. The first-order chi connectivity index (χ1) is 7.77. The van der Waals surface area contributed by atoms with E-state index in [-0.39, 0.29) is 5.78 Å². The van der Waals surface area contributed by atoms with Crippen molar-refractivity contribution in [2.24, 2.45) is 0 Å². The van der Waals surface area contributed by atoms with Crippen molar-refractivity contribution in [1.82, 2.24) is 9.97 Å². The summed E-state index contributed by atoms with van der Waals surface area (Å²) in [4.78, 5) is 18.6. The highest BCUT2D eigenvalue weighted by Crippen LogP contribution is 2.12. The van der Waals surface area contributed by atoms with E-state index in [0.717, 1.165) is 0 Å². The summed E-state index contributed by atoms with van der Waals surface area (Å²) in [6.45, 7) is 0. The van der Waals surface area contributed by atoms with E-state index in [1.165, 1.54) is 6.08 Å². The van der Waals surface area contributed by atoms with Crippen LogP contribution < -0.4 is 5.73 Å². The average molecular weight is 213 g/mol. The third-order valence-electron chi connectivity index (χ3n) is 2.14. The third kappa shape index (κ3) is 2.17. The predicted molar refractivity (Wildman–Crippen MR) is 62.8 cm³/mol. The van der Waals surface area contributed by atoms with Gasteiger partial charge in [-0.2, -0.15) is 0 Å². The number of para-hydroxylation sites is 1. The zero-order valence-corrected chi connectivity index (χ0v) is 8.55. The number of aromatic nitrogens is 2. The minimum absolute atomic E-state index is 0.130. The van der Waals surface area contributed by atoms with Crippen molar-refractivity contribution in [3.05, 3.63) is 54.1 Å². The molecule has 0 aliphatic carbocycles. The van der Waals surface area contributed by atoms with Crippen LogP contribution in [-0.2, 0) is 0 Å². The topological polar surface area (TPSA) is 71.8 Å². The molecule has 2 rings (SSSR count). The summed E-state index contributed by atoms with van der Waals surface area (Å²) >= 11 is 0. The second-order valence-electron chi connectivity index (χ2n) is 3.26. The number of hydrogen-bond acceptors (Lipinski definition) is 3. The lowest BCUT2D eigenvalue weighted by Crippen LogP contribution is -2.00. The Balaban J connectivity index is 2.18. The van der Waals surface area contributed by atoms with E-state index in [1.54, 1.807) is 42.7 Å². The molecular weight excluding hydrogens is 202 g/mol. The van der Waals surface area contributed by atoms with Gasteiger partial charge >= 0.3 is 0 Å². The van der Waals surface area contributed by atoms with Gasteiger partial charge in [-0.3, -0.25) is 4.79 Å². The fourth-order valence-corrected chi connectivity index (χ4v) is 1.33. The van der Waals surface area contributed by atoms with Crippen molar-refractivity contribution in [3.63, 3.8) is 0 Å². The first kappa shape index (κ1) is 10.2. The smallest absolute Gasteiger partial charge is 0.188 e. The highest BCUT2D eigenvalue weighted by molar-refractivity contribution is 6.09. The Hall–Kier alpha value is -2.36. The molecule has 0 bridgehead atoms. The van der Waals surface area contributed by atoms with Crippen molar-refractivity contribution in [3.8, 4) is 0 Å². The molecule has 0 saturated carbocycles. The fraction of sp³-hybridized carbons (Fsp3) is 0. The highest BCUT2D eigenvalue weighted by atomic mass is 16.1. The largest absolute Gasteiger partial charge is 0.398 e. The Morgan fingerprint density at radius 2 is 2.19 bits per heavy atom. The van der Waals surface area contributed by atoms with Crippen LogP contribution in [0.25, 0.3) is 6.08 Å². The number of allylic oxidation sites excluding steroid dienone is 1. The number of H-pyrrole nitrogens is 1. The molecule has 0 spiro atoms. The molecule has 1 aromatic carbocycles. The Labute approximate surface area is 92.8 Å². The van der Waals surface area contributed by atoms with E-state index in [1.807, 2.05) is 0 Å². The van der Waals surface area contributed by atoms with Crippen molar-refractivity contribution in [1.29, 1.82) is 0 Å². The zero-order valence-electron chi connectivity index (χ0n) is 8.55. The molecule has 3 N–H and O–H groups in total. The lowest BCUT2D eigenvalue weighted by atomic mass is 10.1. The average Bonchev–Trinajstić information content (AvgIpc) is 2.79. The number of ketones is 1. The molecule has 1 aromatic heterocycles. The lowest BCUT2D eigenvalue weighted by molar-refractivity contribution is 0.104. The first-order valence-corrected chi connectivity index (χ1v) is 4.83. The number of nitrogens with two attached hydrogens (primary N) is 1. The van der Waals surface area contributed by atoms with E-state index in [0.29, 0.717) is 17.1 Å². The molecule has 0 aliphatic heterocycles. The monoisotopic (exact) mass is 213 g/mol. The quantitative estimate of drug-likeness (QED) is 0.464. The number of imidazole rings is 1. The van der Waals surface area contributed by atoms with Gasteiger partial charge in [0.15, 0.2) is 5.78 Å². The molecule has 0 saturated heterocycles. The number of carbonyl (C=O) groups is 1. The van der Waals surface area contributed by atoms with Gasteiger partial charge in [0.1, 0.15) is 5.82 Å². The van der Waals surface area contributed by atoms with Gasteiger partial charge in [0.2, 0.25) is 0 Å². The second-order valence-corrected chi connectivity index (χ2v) is 3.26. The van der Waals surface area contributed by atoms with Gasteiger partial charge in [0.05, 0.1) is 0 Å². The molecule has 0 radical (unpaired) electrons. The van der Waals surface area contributed by atoms with Crippen LogP contribution in [0.15, 0.2) is 42.7 Å².